The number of hydrogen-bond donors (Lipinski definition) is 0. The molecule has 0 bridgehead atoms. The summed E-state index contributed by atoms with van der Waals surface area (Å²) in [5, 5.41) is 0. The third-order valence-corrected chi connectivity index (χ3v) is 4.00. The highest BCUT2D eigenvalue weighted by atomic mass is 19.1. The molecule has 1 heterocycles. The molecule has 2 atom stereocenters. The third-order valence-electron chi connectivity index (χ3n) is 4.00. The Balaban J connectivity index is 1.73. The molecule has 1 saturated heterocycles. The molecule has 3 heteroatoms. The van der Waals surface area contributed by atoms with Crippen LogP contribution in [0, 0.1) is 5.92 Å². The molecule has 0 unspecified atom stereocenters. The van der Waals surface area contributed by atoms with Crippen LogP contribution in [0.3, 0.4) is 0 Å². The SMILES string of the molecule is C[C@@H]1CCN([C@H]2C[C@H](OC(C)(C)C)C2)C[C@@H]1F. The van der Waals surface area contributed by atoms with Crippen molar-refractivity contribution in [3.63, 3.8) is 0 Å². The number of piperidine rings is 1. The Bertz CT molecular complexity index is 257. The zero-order chi connectivity index (χ0) is 12.6. The first-order valence-electron chi connectivity index (χ1n) is 6.91. The summed E-state index contributed by atoms with van der Waals surface area (Å²) in [6.45, 7) is 10.0. The van der Waals surface area contributed by atoms with Crippen LogP contribution in [-0.2, 0) is 4.74 Å². The van der Waals surface area contributed by atoms with Crippen LogP contribution in [0.2, 0.25) is 0 Å². The molecule has 0 N–H and O–H groups in total. The zero-order valence-electron chi connectivity index (χ0n) is 11.6. The lowest BCUT2D eigenvalue weighted by Crippen LogP contribution is -2.54. The van der Waals surface area contributed by atoms with Gasteiger partial charge in [-0.05, 0) is 52.5 Å². The van der Waals surface area contributed by atoms with Gasteiger partial charge < -0.3 is 4.74 Å². The van der Waals surface area contributed by atoms with Gasteiger partial charge in [0.15, 0.2) is 0 Å². The lowest BCUT2D eigenvalue weighted by molar-refractivity contribution is -0.126. The van der Waals surface area contributed by atoms with Gasteiger partial charge in [0.2, 0.25) is 0 Å². The normalized spacial score (nSPS) is 40.1. The average Bonchev–Trinajstić information content (AvgIpc) is 2.14. The van der Waals surface area contributed by atoms with E-state index in [1.165, 1.54) is 0 Å². The molecule has 0 aromatic rings. The van der Waals surface area contributed by atoms with Crippen LogP contribution in [-0.4, -0.2) is 41.9 Å². The Kier molecular flexibility index (Phi) is 3.79. The van der Waals surface area contributed by atoms with Gasteiger partial charge in [0, 0.05) is 12.6 Å². The van der Waals surface area contributed by atoms with E-state index in [4.69, 9.17) is 4.74 Å². The van der Waals surface area contributed by atoms with Crippen molar-refractivity contribution in [2.45, 2.75) is 70.9 Å². The maximum atomic E-state index is 13.6. The smallest absolute Gasteiger partial charge is 0.115 e. The standard InChI is InChI=1S/C14H26FNO/c1-10-5-6-16(9-13(10)15)11-7-12(8-11)17-14(2,3)4/h10-13H,5-9H2,1-4H3/t10-,11-,12-,13+/m1/s1. The van der Waals surface area contributed by atoms with Crippen molar-refractivity contribution in [1.29, 1.82) is 0 Å². The summed E-state index contributed by atoms with van der Waals surface area (Å²) in [6.07, 6.45) is 2.92. The van der Waals surface area contributed by atoms with Crippen LogP contribution in [0.25, 0.3) is 0 Å². The van der Waals surface area contributed by atoms with Crippen molar-refractivity contribution in [3.8, 4) is 0 Å². The largest absolute Gasteiger partial charge is 0.373 e. The van der Waals surface area contributed by atoms with E-state index in [2.05, 4.69) is 25.7 Å². The fraction of sp³-hybridized carbons (Fsp3) is 1.00. The molecule has 2 rings (SSSR count). The van der Waals surface area contributed by atoms with E-state index in [1.54, 1.807) is 0 Å². The van der Waals surface area contributed by atoms with E-state index in [0.29, 0.717) is 18.7 Å². The molecule has 0 radical (unpaired) electrons. The molecule has 100 valence electrons. The highest BCUT2D eigenvalue weighted by Gasteiger charge is 2.39. The van der Waals surface area contributed by atoms with Gasteiger partial charge in [-0.2, -0.15) is 0 Å². The van der Waals surface area contributed by atoms with Crippen molar-refractivity contribution >= 4 is 0 Å². The van der Waals surface area contributed by atoms with Gasteiger partial charge >= 0.3 is 0 Å². The van der Waals surface area contributed by atoms with Gasteiger partial charge in [-0.3, -0.25) is 4.90 Å². The third kappa shape index (κ3) is 3.41. The molecular weight excluding hydrogens is 217 g/mol. The van der Waals surface area contributed by atoms with Gasteiger partial charge in [-0.25, -0.2) is 4.39 Å². The number of halogens is 1. The molecule has 2 fully saturated rings. The molecule has 1 aliphatic heterocycles. The summed E-state index contributed by atoms with van der Waals surface area (Å²) in [5.41, 5.74) is -0.0470. The number of hydrogen-bond acceptors (Lipinski definition) is 2. The molecule has 2 aliphatic rings. The van der Waals surface area contributed by atoms with E-state index in [9.17, 15) is 4.39 Å². The van der Waals surface area contributed by atoms with Gasteiger partial charge in [0.25, 0.3) is 0 Å². The molecule has 0 aromatic heterocycles. The van der Waals surface area contributed by atoms with Crippen molar-refractivity contribution < 1.29 is 9.13 Å². The van der Waals surface area contributed by atoms with Crippen LogP contribution in [0.4, 0.5) is 4.39 Å². The van der Waals surface area contributed by atoms with Crippen molar-refractivity contribution in [3.05, 3.63) is 0 Å². The number of rotatable bonds is 2. The molecule has 0 aromatic carbocycles. The van der Waals surface area contributed by atoms with E-state index in [0.717, 1.165) is 25.8 Å². The molecule has 0 spiro atoms. The van der Waals surface area contributed by atoms with Gasteiger partial charge in [-0.1, -0.05) is 6.92 Å². The number of alkyl halides is 1. The maximum absolute atomic E-state index is 13.6. The Morgan fingerprint density at radius 2 is 1.88 bits per heavy atom. The van der Waals surface area contributed by atoms with Gasteiger partial charge in [0.1, 0.15) is 6.17 Å². The Morgan fingerprint density at radius 1 is 1.24 bits per heavy atom. The topological polar surface area (TPSA) is 12.5 Å². The van der Waals surface area contributed by atoms with Gasteiger partial charge in [0.05, 0.1) is 11.7 Å². The number of nitrogens with zero attached hydrogens (tertiary/aromatic N) is 1. The molecule has 2 nitrogen and oxygen atoms in total. The minimum Gasteiger partial charge on any atom is -0.373 e. The summed E-state index contributed by atoms with van der Waals surface area (Å²) in [7, 11) is 0. The average molecular weight is 243 g/mol. The molecule has 1 saturated carbocycles. The second-order valence-electron chi connectivity index (χ2n) is 6.75. The van der Waals surface area contributed by atoms with E-state index in [-0.39, 0.29) is 11.5 Å². The highest BCUT2D eigenvalue weighted by molar-refractivity contribution is 4.92. The summed E-state index contributed by atoms with van der Waals surface area (Å²) in [6, 6.07) is 0.563. The zero-order valence-corrected chi connectivity index (χ0v) is 11.6. The molecular formula is C14H26FNO. The second-order valence-corrected chi connectivity index (χ2v) is 6.75. The fourth-order valence-corrected chi connectivity index (χ4v) is 2.81. The summed E-state index contributed by atoms with van der Waals surface area (Å²) in [4.78, 5) is 2.33. The van der Waals surface area contributed by atoms with Crippen LogP contribution >= 0.6 is 0 Å². The van der Waals surface area contributed by atoms with Crippen LogP contribution in [0.15, 0.2) is 0 Å². The molecule has 1 aliphatic carbocycles. The van der Waals surface area contributed by atoms with Crippen LogP contribution < -0.4 is 0 Å². The lowest BCUT2D eigenvalue weighted by atomic mass is 9.84. The quantitative estimate of drug-likeness (QED) is 0.739. The minimum absolute atomic E-state index is 0.0470. The second kappa shape index (κ2) is 4.85. The van der Waals surface area contributed by atoms with Crippen molar-refractivity contribution in [1.82, 2.24) is 4.90 Å². The summed E-state index contributed by atoms with van der Waals surface area (Å²) >= 11 is 0. The number of ether oxygens (including phenoxy) is 1. The fourth-order valence-electron chi connectivity index (χ4n) is 2.81. The van der Waals surface area contributed by atoms with E-state index in [1.807, 2.05) is 6.92 Å². The minimum atomic E-state index is -0.633. The number of likely N-dealkylation sites (tertiary alicyclic amines) is 1. The van der Waals surface area contributed by atoms with Crippen LogP contribution in [0.5, 0.6) is 0 Å². The van der Waals surface area contributed by atoms with Crippen molar-refractivity contribution in [2.75, 3.05) is 13.1 Å². The summed E-state index contributed by atoms with van der Waals surface area (Å²) in [5.74, 6) is 0.243. The monoisotopic (exact) mass is 243 g/mol. The van der Waals surface area contributed by atoms with Gasteiger partial charge in [-0.15, -0.1) is 0 Å². The first kappa shape index (κ1) is 13.3. The van der Waals surface area contributed by atoms with Crippen LogP contribution in [0.1, 0.15) is 47.0 Å². The van der Waals surface area contributed by atoms with E-state index < -0.39 is 6.17 Å². The first-order valence-corrected chi connectivity index (χ1v) is 6.91. The Morgan fingerprint density at radius 3 is 2.41 bits per heavy atom. The predicted octanol–water partition coefficient (Wildman–Crippen LogP) is 3.01. The highest BCUT2D eigenvalue weighted by Crippen LogP contribution is 2.34. The maximum Gasteiger partial charge on any atom is 0.115 e. The lowest BCUT2D eigenvalue weighted by Gasteiger charge is -2.47. The molecule has 17 heavy (non-hydrogen) atoms. The first-order chi connectivity index (χ1) is 7.85. The predicted molar refractivity (Wildman–Crippen MR) is 67.9 cm³/mol. The van der Waals surface area contributed by atoms with E-state index >= 15 is 0 Å². The Labute approximate surface area is 105 Å². The molecule has 0 amide bonds. The summed E-state index contributed by atoms with van der Waals surface area (Å²) < 4.78 is 19.6. The van der Waals surface area contributed by atoms with Crippen molar-refractivity contribution in [2.24, 2.45) is 5.92 Å². The Hall–Kier alpha value is -0.150.